The van der Waals surface area contributed by atoms with Crippen LogP contribution in [0, 0.1) is 0 Å². The van der Waals surface area contributed by atoms with Crippen molar-refractivity contribution in [1.29, 1.82) is 0 Å². The van der Waals surface area contributed by atoms with Crippen molar-refractivity contribution in [2.75, 3.05) is 31.6 Å². The van der Waals surface area contributed by atoms with E-state index in [1.54, 1.807) is 36.4 Å². The van der Waals surface area contributed by atoms with Crippen LogP contribution in [-0.2, 0) is 16.0 Å². The molecule has 0 spiro atoms. The molecular weight excluding hydrogens is 363 g/mol. The van der Waals surface area contributed by atoms with Gasteiger partial charge in [0, 0.05) is 18.8 Å². The average Bonchev–Trinajstić information content (AvgIpc) is 2.61. The third-order valence-electron chi connectivity index (χ3n) is 3.43. The molecule has 0 aliphatic carbocycles. The number of carboxylic acids is 1. The van der Waals surface area contributed by atoms with E-state index in [1.807, 2.05) is 6.07 Å². The molecule has 1 aliphatic rings. The Morgan fingerprint density at radius 3 is 2.24 bits per heavy atom. The standard InChI is InChI=1S/C14H11Cl2NO2.C4H9NO/c15-10-5-3-6-11(16)14(10)17-12-7-2-1-4-9(12)8-13(18)19;1-3-6-4-2-5-1/h1-7,17H,8H2,(H,18,19);5H,1-4H2. The number of para-hydroxylation sites is 2. The minimum atomic E-state index is -0.889. The Labute approximate surface area is 156 Å². The highest BCUT2D eigenvalue weighted by molar-refractivity contribution is 6.39. The number of carboxylic acid groups (broad SMARTS) is 1. The number of aliphatic carboxylic acids is 1. The number of rotatable bonds is 4. The van der Waals surface area contributed by atoms with Crippen molar-refractivity contribution in [1.82, 2.24) is 5.32 Å². The number of hydrogen-bond donors (Lipinski definition) is 3. The summed E-state index contributed by atoms with van der Waals surface area (Å²) in [7, 11) is 0. The molecule has 7 heteroatoms. The number of halogens is 2. The van der Waals surface area contributed by atoms with Gasteiger partial charge in [0.1, 0.15) is 0 Å². The van der Waals surface area contributed by atoms with E-state index in [0.29, 0.717) is 27.0 Å². The van der Waals surface area contributed by atoms with E-state index >= 15 is 0 Å². The Morgan fingerprint density at radius 1 is 1.08 bits per heavy atom. The molecular formula is C18H20Cl2N2O3. The zero-order valence-electron chi connectivity index (χ0n) is 13.6. The predicted molar refractivity (Wildman–Crippen MR) is 101 cm³/mol. The predicted octanol–water partition coefficient (Wildman–Crippen LogP) is 3.97. The summed E-state index contributed by atoms with van der Waals surface area (Å²) in [6.07, 6.45) is -0.0642. The first-order valence-corrected chi connectivity index (χ1v) is 8.62. The molecule has 0 atom stereocenters. The molecule has 134 valence electrons. The molecule has 1 saturated heterocycles. The van der Waals surface area contributed by atoms with Gasteiger partial charge in [-0.3, -0.25) is 4.79 Å². The van der Waals surface area contributed by atoms with E-state index in [4.69, 9.17) is 33.0 Å². The van der Waals surface area contributed by atoms with E-state index in [0.717, 1.165) is 26.3 Å². The fraction of sp³-hybridized carbons (Fsp3) is 0.278. The molecule has 1 aliphatic heterocycles. The highest BCUT2D eigenvalue weighted by Gasteiger charge is 2.10. The molecule has 25 heavy (non-hydrogen) atoms. The van der Waals surface area contributed by atoms with E-state index < -0.39 is 5.97 Å². The third-order valence-corrected chi connectivity index (χ3v) is 4.06. The molecule has 0 saturated carbocycles. The molecule has 3 rings (SSSR count). The van der Waals surface area contributed by atoms with Gasteiger partial charge in [-0.25, -0.2) is 0 Å². The SMILES string of the molecule is C1COCCN1.O=C(O)Cc1ccccc1Nc1c(Cl)cccc1Cl. The van der Waals surface area contributed by atoms with Crippen LogP contribution in [0.3, 0.4) is 0 Å². The van der Waals surface area contributed by atoms with Crippen LogP contribution in [0.5, 0.6) is 0 Å². The monoisotopic (exact) mass is 382 g/mol. The fourth-order valence-electron chi connectivity index (χ4n) is 2.23. The molecule has 1 fully saturated rings. The average molecular weight is 383 g/mol. The van der Waals surface area contributed by atoms with E-state index in [9.17, 15) is 4.79 Å². The topological polar surface area (TPSA) is 70.6 Å². The van der Waals surface area contributed by atoms with Crippen LogP contribution in [-0.4, -0.2) is 37.4 Å². The van der Waals surface area contributed by atoms with Gasteiger partial charge in [0.25, 0.3) is 0 Å². The Hall–Kier alpha value is -1.79. The number of morpholine rings is 1. The number of benzene rings is 2. The lowest BCUT2D eigenvalue weighted by atomic mass is 10.1. The Balaban J connectivity index is 0.000000316. The normalized spacial score (nSPS) is 13.5. The van der Waals surface area contributed by atoms with Crippen LogP contribution in [0.25, 0.3) is 0 Å². The van der Waals surface area contributed by atoms with Gasteiger partial charge >= 0.3 is 5.97 Å². The number of carbonyl (C=O) groups is 1. The van der Waals surface area contributed by atoms with Gasteiger partial charge in [-0.05, 0) is 23.8 Å². The number of anilines is 2. The van der Waals surface area contributed by atoms with Gasteiger partial charge < -0.3 is 20.5 Å². The summed E-state index contributed by atoms with van der Waals surface area (Å²) >= 11 is 12.1. The second kappa shape index (κ2) is 10.3. The molecule has 2 aromatic rings. The number of nitrogens with one attached hydrogen (secondary N) is 2. The molecule has 0 amide bonds. The van der Waals surface area contributed by atoms with Crippen molar-refractivity contribution in [3.63, 3.8) is 0 Å². The lowest BCUT2D eigenvalue weighted by molar-refractivity contribution is -0.136. The van der Waals surface area contributed by atoms with Gasteiger partial charge in [-0.15, -0.1) is 0 Å². The van der Waals surface area contributed by atoms with Crippen LogP contribution < -0.4 is 10.6 Å². The second-order valence-corrected chi connectivity index (χ2v) is 6.13. The lowest BCUT2D eigenvalue weighted by Gasteiger charge is -2.13. The summed E-state index contributed by atoms with van der Waals surface area (Å²) in [6, 6.07) is 12.3. The smallest absolute Gasteiger partial charge is 0.307 e. The summed E-state index contributed by atoms with van der Waals surface area (Å²) in [6.45, 7) is 3.83. The van der Waals surface area contributed by atoms with Crippen molar-refractivity contribution in [2.24, 2.45) is 0 Å². The van der Waals surface area contributed by atoms with Crippen molar-refractivity contribution >= 4 is 40.5 Å². The van der Waals surface area contributed by atoms with Gasteiger partial charge in [-0.1, -0.05) is 47.5 Å². The quantitative estimate of drug-likeness (QED) is 0.745. The Kier molecular flexibility index (Phi) is 8.01. The largest absolute Gasteiger partial charge is 0.481 e. The first-order chi connectivity index (χ1) is 12.1. The van der Waals surface area contributed by atoms with Gasteiger partial charge in [0.05, 0.1) is 35.4 Å². The zero-order valence-corrected chi connectivity index (χ0v) is 15.1. The Morgan fingerprint density at radius 2 is 1.72 bits per heavy atom. The van der Waals surface area contributed by atoms with Crippen molar-refractivity contribution in [3.05, 3.63) is 58.1 Å². The molecule has 0 aromatic heterocycles. The number of ether oxygens (including phenoxy) is 1. The molecule has 0 bridgehead atoms. The molecule has 2 aromatic carbocycles. The molecule has 3 N–H and O–H groups in total. The summed E-state index contributed by atoms with van der Waals surface area (Å²) in [5.74, 6) is -0.889. The van der Waals surface area contributed by atoms with E-state index in [1.165, 1.54) is 0 Å². The van der Waals surface area contributed by atoms with Crippen molar-refractivity contribution < 1.29 is 14.6 Å². The highest BCUT2D eigenvalue weighted by atomic mass is 35.5. The highest BCUT2D eigenvalue weighted by Crippen LogP contribution is 2.33. The zero-order chi connectivity index (χ0) is 18.1. The minimum absolute atomic E-state index is 0.0642. The molecule has 0 unspecified atom stereocenters. The summed E-state index contributed by atoms with van der Waals surface area (Å²) in [5, 5.41) is 16.1. The van der Waals surface area contributed by atoms with Crippen molar-refractivity contribution in [2.45, 2.75) is 6.42 Å². The van der Waals surface area contributed by atoms with Crippen LogP contribution in [0.15, 0.2) is 42.5 Å². The summed E-state index contributed by atoms with van der Waals surface area (Å²) in [5.41, 5.74) is 1.93. The molecule has 1 heterocycles. The lowest BCUT2D eigenvalue weighted by Crippen LogP contribution is -2.30. The molecule has 0 radical (unpaired) electrons. The number of hydrogen-bond acceptors (Lipinski definition) is 4. The summed E-state index contributed by atoms with van der Waals surface area (Å²) < 4.78 is 5.01. The maximum absolute atomic E-state index is 10.8. The second-order valence-electron chi connectivity index (χ2n) is 5.31. The summed E-state index contributed by atoms with van der Waals surface area (Å²) in [4.78, 5) is 10.8. The first kappa shape index (κ1) is 19.5. The fourth-order valence-corrected chi connectivity index (χ4v) is 2.72. The third kappa shape index (κ3) is 6.55. The van der Waals surface area contributed by atoms with Crippen molar-refractivity contribution in [3.8, 4) is 0 Å². The Bertz CT molecular complexity index is 675. The van der Waals surface area contributed by atoms with Gasteiger partial charge in [0.15, 0.2) is 0 Å². The minimum Gasteiger partial charge on any atom is -0.481 e. The maximum atomic E-state index is 10.8. The van der Waals surface area contributed by atoms with Crippen LogP contribution in [0.4, 0.5) is 11.4 Å². The van der Waals surface area contributed by atoms with Crippen LogP contribution in [0.1, 0.15) is 5.56 Å². The first-order valence-electron chi connectivity index (χ1n) is 7.87. The van der Waals surface area contributed by atoms with Gasteiger partial charge in [-0.2, -0.15) is 0 Å². The molecule has 5 nitrogen and oxygen atoms in total. The van der Waals surface area contributed by atoms with Gasteiger partial charge in [0.2, 0.25) is 0 Å². The van der Waals surface area contributed by atoms with E-state index in [2.05, 4.69) is 10.6 Å². The maximum Gasteiger partial charge on any atom is 0.307 e. The van der Waals surface area contributed by atoms with Crippen LogP contribution in [0.2, 0.25) is 10.0 Å². The van der Waals surface area contributed by atoms with Crippen LogP contribution >= 0.6 is 23.2 Å². The van der Waals surface area contributed by atoms with E-state index in [-0.39, 0.29) is 6.42 Å².